The number of pyridine rings is 1. The molecule has 1 heterocycles. The summed E-state index contributed by atoms with van der Waals surface area (Å²) in [6, 6.07) is 23.1. The summed E-state index contributed by atoms with van der Waals surface area (Å²) >= 11 is 0. The van der Waals surface area contributed by atoms with Gasteiger partial charge in [-0.05, 0) is 23.8 Å². The zero-order chi connectivity index (χ0) is 13.1. The zero-order valence-corrected chi connectivity index (χ0v) is 11.0. The summed E-state index contributed by atoms with van der Waals surface area (Å²) in [6.45, 7) is 0. The predicted octanol–water partition coefficient (Wildman–Crippen LogP) is 3.83. The molecule has 1 heteroatoms. The van der Waals surface area contributed by atoms with E-state index in [-0.39, 0.29) is 0 Å². The van der Waals surface area contributed by atoms with Crippen molar-refractivity contribution in [3.8, 4) is 0 Å². The van der Waals surface area contributed by atoms with Crippen LogP contribution in [-0.2, 0) is 7.05 Å². The van der Waals surface area contributed by atoms with E-state index in [1.807, 2.05) is 6.07 Å². The number of aryl methyl sites for hydroxylation is 1. The lowest BCUT2D eigenvalue weighted by Crippen LogP contribution is -2.32. The van der Waals surface area contributed by atoms with Crippen LogP contribution in [0.3, 0.4) is 0 Å². The second-order valence-corrected chi connectivity index (χ2v) is 4.62. The van der Waals surface area contributed by atoms with Gasteiger partial charge >= 0.3 is 0 Å². The Labute approximate surface area is 113 Å². The minimum atomic E-state index is 1.20. The monoisotopic (exact) mass is 246 g/mol. The highest BCUT2D eigenvalue weighted by Crippen LogP contribution is 2.11. The van der Waals surface area contributed by atoms with Crippen LogP contribution in [0.2, 0.25) is 0 Å². The SMILES string of the molecule is C[n+]1c(C=Cc2ccccc2)ccc2ccccc21. The summed E-state index contributed by atoms with van der Waals surface area (Å²) in [5.74, 6) is 0. The molecule has 1 nitrogen and oxygen atoms in total. The second kappa shape index (κ2) is 5.07. The minimum absolute atomic E-state index is 1.20. The third-order valence-corrected chi connectivity index (χ3v) is 3.37. The third kappa shape index (κ3) is 2.41. The molecule has 0 saturated carbocycles. The van der Waals surface area contributed by atoms with Crippen LogP contribution in [0.25, 0.3) is 23.1 Å². The van der Waals surface area contributed by atoms with Crippen LogP contribution in [-0.4, -0.2) is 0 Å². The summed E-state index contributed by atoms with van der Waals surface area (Å²) in [4.78, 5) is 0. The molecule has 0 aliphatic carbocycles. The molecule has 0 saturated heterocycles. The average molecular weight is 246 g/mol. The van der Waals surface area contributed by atoms with Crippen LogP contribution in [0.1, 0.15) is 11.3 Å². The zero-order valence-electron chi connectivity index (χ0n) is 11.0. The van der Waals surface area contributed by atoms with Crippen molar-refractivity contribution < 1.29 is 4.57 Å². The Kier molecular flexibility index (Phi) is 3.11. The van der Waals surface area contributed by atoms with Crippen LogP contribution in [0.5, 0.6) is 0 Å². The normalized spacial score (nSPS) is 11.2. The molecule has 0 fully saturated rings. The predicted molar refractivity (Wildman–Crippen MR) is 80.5 cm³/mol. The van der Waals surface area contributed by atoms with Gasteiger partial charge in [0, 0.05) is 23.6 Å². The van der Waals surface area contributed by atoms with Crippen molar-refractivity contribution in [1.82, 2.24) is 0 Å². The van der Waals surface area contributed by atoms with Crippen molar-refractivity contribution in [3.63, 3.8) is 0 Å². The number of nitrogens with zero attached hydrogens (tertiary/aromatic N) is 1. The van der Waals surface area contributed by atoms with E-state index >= 15 is 0 Å². The van der Waals surface area contributed by atoms with E-state index in [9.17, 15) is 0 Å². The lowest BCUT2D eigenvalue weighted by Gasteiger charge is -1.99. The van der Waals surface area contributed by atoms with E-state index in [1.54, 1.807) is 0 Å². The molecule has 1 aromatic heterocycles. The van der Waals surface area contributed by atoms with Gasteiger partial charge < -0.3 is 0 Å². The van der Waals surface area contributed by atoms with Gasteiger partial charge in [-0.25, -0.2) is 0 Å². The van der Waals surface area contributed by atoms with Crippen LogP contribution in [0.4, 0.5) is 0 Å². The number of para-hydroxylation sites is 1. The standard InChI is InChI=1S/C18H16N/c1-19-17(13-11-15-7-3-2-4-8-15)14-12-16-9-5-6-10-18(16)19/h2-14H,1H3/q+1. The quantitative estimate of drug-likeness (QED) is 0.605. The molecule has 19 heavy (non-hydrogen) atoms. The Morgan fingerprint density at radius 2 is 1.47 bits per heavy atom. The van der Waals surface area contributed by atoms with Crippen molar-refractivity contribution in [3.05, 3.63) is 78.0 Å². The number of fused-ring (bicyclic) bond motifs is 1. The van der Waals surface area contributed by atoms with Crippen LogP contribution in [0.15, 0.2) is 66.7 Å². The van der Waals surface area contributed by atoms with Gasteiger partial charge in [0.15, 0.2) is 0 Å². The summed E-state index contributed by atoms with van der Waals surface area (Å²) in [5, 5.41) is 1.27. The molecular formula is C18H16N+. The molecule has 0 radical (unpaired) electrons. The van der Waals surface area contributed by atoms with Crippen LogP contribution >= 0.6 is 0 Å². The molecule has 0 aliphatic rings. The molecule has 0 N–H and O–H groups in total. The van der Waals surface area contributed by atoms with Crippen molar-refractivity contribution in [1.29, 1.82) is 0 Å². The molecule has 0 atom stereocenters. The minimum Gasteiger partial charge on any atom is -0.195 e. The summed E-state index contributed by atoms with van der Waals surface area (Å²) in [6.07, 6.45) is 4.30. The molecule has 3 rings (SSSR count). The van der Waals surface area contributed by atoms with E-state index in [2.05, 4.69) is 84.4 Å². The Morgan fingerprint density at radius 3 is 2.32 bits per heavy atom. The summed E-state index contributed by atoms with van der Waals surface area (Å²) < 4.78 is 2.22. The topological polar surface area (TPSA) is 3.88 Å². The Hall–Kier alpha value is -2.41. The van der Waals surface area contributed by atoms with E-state index in [1.165, 1.54) is 22.2 Å². The largest absolute Gasteiger partial charge is 0.212 e. The number of hydrogen-bond donors (Lipinski definition) is 0. The third-order valence-electron chi connectivity index (χ3n) is 3.37. The number of aromatic nitrogens is 1. The lowest BCUT2D eigenvalue weighted by atomic mass is 10.1. The molecule has 92 valence electrons. The Balaban J connectivity index is 2.02. The number of rotatable bonds is 2. The molecule has 3 aromatic rings. The summed E-state index contributed by atoms with van der Waals surface area (Å²) in [5.41, 5.74) is 3.66. The molecule has 0 spiro atoms. The summed E-state index contributed by atoms with van der Waals surface area (Å²) in [7, 11) is 2.10. The van der Waals surface area contributed by atoms with E-state index in [0.29, 0.717) is 0 Å². The first kappa shape index (κ1) is 11.7. The fourth-order valence-electron chi connectivity index (χ4n) is 2.27. The van der Waals surface area contributed by atoms with E-state index in [0.717, 1.165) is 0 Å². The second-order valence-electron chi connectivity index (χ2n) is 4.62. The fourth-order valence-corrected chi connectivity index (χ4v) is 2.27. The van der Waals surface area contributed by atoms with Gasteiger partial charge in [-0.15, -0.1) is 0 Å². The van der Waals surface area contributed by atoms with Crippen molar-refractivity contribution in [2.45, 2.75) is 0 Å². The average Bonchev–Trinajstić information content (AvgIpc) is 2.48. The molecule has 0 aliphatic heterocycles. The molecule has 0 amide bonds. The van der Waals surface area contributed by atoms with Gasteiger partial charge in [0.05, 0.1) is 0 Å². The van der Waals surface area contributed by atoms with Gasteiger partial charge in [0.2, 0.25) is 11.2 Å². The van der Waals surface area contributed by atoms with Crippen molar-refractivity contribution in [2.75, 3.05) is 0 Å². The van der Waals surface area contributed by atoms with E-state index < -0.39 is 0 Å². The number of benzene rings is 2. The number of hydrogen-bond acceptors (Lipinski definition) is 0. The fraction of sp³-hybridized carbons (Fsp3) is 0.0556. The maximum atomic E-state index is 2.22. The Morgan fingerprint density at radius 1 is 0.737 bits per heavy atom. The van der Waals surface area contributed by atoms with Crippen molar-refractivity contribution in [2.24, 2.45) is 7.05 Å². The Bertz CT molecular complexity index is 727. The molecule has 2 aromatic carbocycles. The van der Waals surface area contributed by atoms with Gasteiger partial charge in [-0.3, -0.25) is 0 Å². The highest BCUT2D eigenvalue weighted by Gasteiger charge is 2.07. The first-order valence-corrected chi connectivity index (χ1v) is 6.45. The van der Waals surface area contributed by atoms with E-state index in [4.69, 9.17) is 0 Å². The maximum Gasteiger partial charge on any atom is 0.212 e. The lowest BCUT2D eigenvalue weighted by molar-refractivity contribution is -0.646. The van der Waals surface area contributed by atoms with Crippen molar-refractivity contribution >= 4 is 23.1 Å². The highest BCUT2D eigenvalue weighted by molar-refractivity contribution is 5.77. The first-order chi connectivity index (χ1) is 9.34. The highest BCUT2D eigenvalue weighted by atomic mass is 14.9. The van der Waals surface area contributed by atoms with Gasteiger partial charge in [0.1, 0.15) is 7.05 Å². The van der Waals surface area contributed by atoms with Crippen LogP contribution in [0, 0.1) is 0 Å². The first-order valence-electron chi connectivity index (χ1n) is 6.45. The van der Waals surface area contributed by atoms with Gasteiger partial charge in [-0.2, -0.15) is 4.57 Å². The molecule has 0 unspecified atom stereocenters. The van der Waals surface area contributed by atoms with Gasteiger partial charge in [0.25, 0.3) is 0 Å². The molecule has 0 bridgehead atoms. The molecular weight excluding hydrogens is 230 g/mol. The smallest absolute Gasteiger partial charge is 0.195 e. The van der Waals surface area contributed by atoms with Gasteiger partial charge in [-0.1, -0.05) is 42.5 Å². The van der Waals surface area contributed by atoms with Crippen LogP contribution < -0.4 is 4.57 Å². The maximum absolute atomic E-state index is 2.22.